The van der Waals surface area contributed by atoms with Crippen LogP contribution in [0.4, 0.5) is 0 Å². The number of carboxylic acid groups (broad SMARTS) is 2. The third kappa shape index (κ3) is 5.96. The topological polar surface area (TPSA) is 169 Å². The van der Waals surface area contributed by atoms with E-state index in [1.807, 2.05) is 26.8 Å². The quantitative estimate of drug-likeness (QED) is 0.231. The maximum Gasteiger partial charge on any atom is 1.00 e. The minimum atomic E-state index is -1.68. The summed E-state index contributed by atoms with van der Waals surface area (Å²) >= 11 is 7.30. The molecule has 9 nitrogen and oxygen atoms in total. The summed E-state index contributed by atoms with van der Waals surface area (Å²) in [5, 5.41) is 47.8. The van der Waals surface area contributed by atoms with Crippen molar-refractivity contribution in [2.75, 3.05) is 6.61 Å². The van der Waals surface area contributed by atoms with Gasteiger partial charge in [0.1, 0.15) is 12.2 Å². The number of carbonyl (C=O) groups excluding carboxylic acids is 2. The van der Waals surface area contributed by atoms with E-state index in [2.05, 4.69) is 0 Å². The summed E-state index contributed by atoms with van der Waals surface area (Å²) in [6.07, 6.45) is 6.67. The van der Waals surface area contributed by atoms with Crippen LogP contribution in [0.15, 0.2) is 23.8 Å². The molecule has 0 aromatic heterocycles. The zero-order valence-electron chi connectivity index (χ0n) is 24.7. The second-order valence-corrected chi connectivity index (χ2v) is 11.9. The van der Waals surface area contributed by atoms with Gasteiger partial charge in [-0.1, -0.05) is 46.3 Å². The van der Waals surface area contributed by atoms with Gasteiger partial charge in [-0.25, -0.2) is 0 Å². The van der Waals surface area contributed by atoms with Gasteiger partial charge in [0.05, 0.1) is 11.0 Å². The summed E-state index contributed by atoms with van der Waals surface area (Å²) in [6.45, 7) is 8.17. The molecule has 3 fully saturated rings. The predicted molar refractivity (Wildman–Crippen MR) is 142 cm³/mol. The van der Waals surface area contributed by atoms with Crippen LogP contribution in [0.25, 0.3) is 0 Å². The molecule has 0 unspecified atom stereocenters. The number of hydrogen-bond donors (Lipinski definition) is 5. The Kier molecular flexibility index (Phi) is 12.2. The zero-order chi connectivity index (χ0) is 29.3. The van der Waals surface area contributed by atoms with Crippen LogP contribution in [-0.4, -0.2) is 72.2 Å². The van der Waals surface area contributed by atoms with Crippen molar-refractivity contribution in [2.45, 2.75) is 89.7 Å². The van der Waals surface area contributed by atoms with Crippen molar-refractivity contribution in [3.05, 3.63) is 23.8 Å². The van der Waals surface area contributed by atoms with E-state index in [1.54, 1.807) is 19.9 Å². The Morgan fingerprint density at radius 3 is 2.08 bits per heavy atom. The number of aliphatic hydroxyl groups excluding tert-OH is 2. The van der Waals surface area contributed by atoms with Crippen LogP contribution in [0, 0.1) is 28.6 Å². The Morgan fingerprint density at radius 2 is 1.62 bits per heavy atom. The number of alkyl halides is 1. The van der Waals surface area contributed by atoms with E-state index < -0.39 is 51.7 Å². The molecule has 4 rings (SSSR count). The third-order valence-electron chi connectivity index (χ3n) is 9.40. The molecule has 0 aromatic carbocycles. The average Bonchev–Trinajstić information content (AvgIpc) is 3.06. The number of ketones is 2. The summed E-state index contributed by atoms with van der Waals surface area (Å²) in [7, 11) is 0. The normalized spacial score (nSPS) is 39.6. The van der Waals surface area contributed by atoms with Crippen LogP contribution in [0.1, 0.15) is 74.6 Å². The number of hydrogen-bond acceptors (Lipinski definition) is 7. The van der Waals surface area contributed by atoms with Crippen LogP contribution in [0.2, 0.25) is 0 Å². The number of carbonyl (C=O) groups is 4. The van der Waals surface area contributed by atoms with Crippen molar-refractivity contribution in [1.29, 1.82) is 0 Å². The molecular formula is C28H42ClNaO9. The third-order valence-corrected chi connectivity index (χ3v) is 10.3. The van der Waals surface area contributed by atoms with Crippen LogP contribution in [-0.2, 0) is 19.2 Å². The number of fused-ring (bicyclic) bond motifs is 5. The number of rotatable bonds is 4. The number of Topliss-reactive ketones (excluding diaryl/α,β-unsaturated/α-hetero) is 1. The van der Waals surface area contributed by atoms with Crippen molar-refractivity contribution in [3.63, 3.8) is 0 Å². The molecule has 0 amide bonds. The summed E-state index contributed by atoms with van der Waals surface area (Å²) in [4.78, 5) is 42.2. The summed E-state index contributed by atoms with van der Waals surface area (Å²) in [5.41, 5.74) is -2.25. The SMILES string of the molecule is CCC(=O)O.CCC(=O)O.C[C@H]1C[C@H]2[C@@H]3CCC4=CC(=O)C=C[C@]4(C)[C@@]3(Cl)[C@@H](O)C[C@]2(C)[C@@]1(O)C(=O)CO.[H-].[Na+]. The van der Waals surface area contributed by atoms with Gasteiger partial charge in [0.25, 0.3) is 0 Å². The molecule has 0 bridgehead atoms. The Balaban J connectivity index is 0.00000110. The smallest absolute Gasteiger partial charge is 1.00 e. The summed E-state index contributed by atoms with van der Waals surface area (Å²) in [5.74, 6) is -2.64. The van der Waals surface area contributed by atoms with E-state index in [0.717, 1.165) is 5.57 Å². The van der Waals surface area contributed by atoms with E-state index >= 15 is 0 Å². The number of aliphatic carboxylic acids is 2. The molecule has 0 heterocycles. The van der Waals surface area contributed by atoms with Crippen molar-refractivity contribution in [2.24, 2.45) is 28.6 Å². The Hall–Kier alpha value is -1.07. The predicted octanol–water partition coefficient (Wildman–Crippen LogP) is 0.244. The average molecular weight is 581 g/mol. The van der Waals surface area contributed by atoms with Gasteiger partial charge in [-0.2, -0.15) is 0 Å². The number of aliphatic hydroxyl groups is 3. The van der Waals surface area contributed by atoms with E-state index in [1.165, 1.54) is 6.08 Å². The van der Waals surface area contributed by atoms with E-state index in [4.69, 9.17) is 21.8 Å². The monoisotopic (exact) mass is 580 g/mol. The van der Waals surface area contributed by atoms with E-state index in [9.17, 15) is 34.5 Å². The summed E-state index contributed by atoms with van der Waals surface area (Å²) < 4.78 is 0. The molecule has 8 atom stereocenters. The molecule has 4 aliphatic carbocycles. The van der Waals surface area contributed by atoms with Crippen molar-refractivity contribution < 1.29 is 75.7 Å². The molecule has 0 aliphatic heterocycles. The molecular weight excluding hydrogens is 539 g/mol. The van der Waals surface area contributed by atoms with E-state index in [0.29, 0.717) is 19.3 Å². The zero-order valence-corrected chi connectivity index (χ0v) is 26.5. The van der Waals surface area contributed by atoms with Crippen LogP contribution in [0.5, 0.6) is 0 Å². The minimum Gasteiger partial charge on any atom is -1.00 e. The molecule has 0 spiro atoms. The number of halogens is 1. The molecule has 0 radical (unpaired) electrons. The molecule has 0 aromatic rings. The van der Waals surface area contributed by atoms with Gasteiger partial charge in [0, 0.05) is 23.7 Å². The maximum absolute atomic E-state index is 12.6. The molecule has 4 aliphatic rings. The first-order valence-electron chi connectivity index (χ1n) is 13.1. The molecule has 11 heteroatoms. The molecule has 5 N–H and O–H groups in total. The van der Waals surface area contributed by atoms with Crippen molar-refractivity contribution in [1.82, 2.24) is 0 Å². The summed E-state index contributed by atoms with van der Waals surface area (Å²) in [6, 6.07) is 0. The second kappa shape index (κ2) is 13.3. The van der Waals surface area contributed by atoms with Gasteiger partial charge in [-0.15, -0.1) is 11.6 Å². The van der Waals surface area contributed by atoms with Gasteiger partial charge in [0.15, 0.2) is 11.6 Å². The van der Waals surface area contributed by atoms with Gasteiger partial charge in [0.2, 0.25) is 0 Å². The Bertz CT molecular complexity index is 1020. The van der Waals surface area contributed by atoms with Gasteiger partial charge >= 0.3 is 41.5 Å². The molecule has 216 valence electrons. The van der Waals surface area contributed by atoms with Gasteiger partial charge in [-0.3, -0.25) is 19.2 Å². The fourth-order valence-corrected chi connectivity index (χ4v) is 7.78. The Morgan fingerprint density at radius 1 is 1.10 bits per heavy atom. The largest absolute Gasteiger partial charge is 1.00 e. The molecule has 3 saturated carbocycles. The fraction of sp³-hybridized carbons (Fsp3) is 0.714. The van der Waals surface area contributed by atoms with Gasteiger partial charge in [-0.05, 0) is 55.6 Å². The van der Waals surface area contributed by atoms with Crippen LogP contribution >= 0.6 is 11.6 Å². The fourth-order valence-electron chi connectivity index (χ4n) is 7.26. The first kappa shape index (κ1) is 36.0. The van der Waals surface area contributed by atoms with Crippen molar-refractivity contribution >= 4 is 35.1 Å². The number of carboxylic acids is 2. The standard InChI is InChI=1S/C22H29ClO5.2C3H6O2.Na.H/c1-12-8-16-15-5-4-13-9-14(25)6-7-19(13,2)21(15,23)17(26)10-20(16,3)22(12,28)18(27)11-24;2*1-2-3(4)5;;/h6-7,9,12,15-17,24,26,28H,4-5,8,10-11H2,1-3H3;2*2H2,1H3,(H,4,5);;/q;;;+1;-1/t12-,15-,16-,17-,19-,20-,21-,22-;;;;/m0..../s1. The Labute approximate surface area is 258 Å². The maximum atomic E-state index is 12.6. The van der Waals surface area contributed by atoms with Crippen molar-refractivity contribution in [3.8, 4) is 0 Å². The molecule has 39 heavy (non-hydrogen) atoms. The number of allylic oxidation sites excluding steroid dienone is 4. The van der Waals surface area contributed by atoms with Gasteiger partial charge < -0.3 is 27.0 Å². The van der Waals surface area contributed by atoms with Crippen LogP contribution in [0.3, 0.4) is 0 Å². The minimum absolute atomic E-state index is 0. The first-order valence-corrected chi connectivity index (χ1v) is 13.5. The second-order valence-electron chi connectivity index (χ2n) is 11.2. The van der Waals surface area contributed by atoms with Crippen LogP contribution < -0.4 is 29.6 Å². The first-order chi connectivity index (χ1) is 17.5. The molecule has 0 saturated heterocycles. The van der Waals surface area contributed by atoms with E-state index in [-0.39, 0.29) is 73.8 Å².